The van der Waals surface area contributed by atoms with E-state index in [0.29, 0.717) is 19.3 Å². The van der Waals surface area contributed by atoms with Crippen LogP contribution in [0.15, 0.2) is 23.3 Å². The summed E-state index contributed by atoms with van der Waals surface area (Å²) in [5.74, 6) is -2.51. The summed E-state index contributed by atoms with van der Waals surface area (Å²) in [5.41, 5.74) is 1.87. The molecule has 0 aromatic rings. The van der Waals surface area contributed by atoms with Crippen LogP contribution in [0.3, 0.4) is 0 Å². The van der Waals surface area contributed by atoms with Crippen LogP contribution in [0.25, 0.3) is 0 Å². The fraction of sp³-hybridized carbons (Fsp3) is 0.652. The largest absolute Gasteiger partial charge is 0.466 e. The van der Waals surface area contributed by atoms with Crippen LogP contribution in [0.1, 0.15) is 53.9 Å². The van der Waals surface area contributed by atoms with Crippen LogP contribution in [0.2, 0.25) is 0 Å². The molecular weight excluding hydrogens is 404 g/mol. The van der Waals surface area contributed by atoms with Gasteiger partial charge in [0.15, 0.2) is 0 Å². The molecule has 1 aliphatic carbocycles. The standard InChI is InChI=1S/C23H32O8/c1-12(2)22(26)29-11-17-10-18-20(14(4)23(27)31-18)21(30-16(6)25)19(17)13(3)8-7-9-28-15(5)24/h12-13,18,20-21H,4,7-11H2,1-3,5-6H3. The maximum Gasteiger partial charge on any atom is 0.334 e. The molecule has 4 unspecified atom stereocenters. The van der Waals surface area contributed by atoms with Gasteiger partial charge in [0.2, 0.25) is 0 Å². The second kappa shape index (κ2) is 10.6. The van der Waals surface area contributed by atoms with Crippen LogP contribution in [-0.4, -0.2) is 49.3 Å². The minimum Gasteiger partial charge on any atom is -0.466 e. The van der Waals surface area contributed by atoms with Crippen molar-refractivity contribution in [1.82, 2.24) is 0 Å². The Balaban J connectivity index is 2.35. The molecule has 0 aromatic carbocycles. The van der Waals surface area contributed by atoms with Gasteiger partial charge in [-0.1, -0.05) is 27.4 Å². The number of esters is 4. The van der Waals surface area contributed by atoms with Gasteiger partial charge in [0, 0.05) is 25.8 Å². The summed E-state index contributed by atoms with van der Waals surface area (Å²) in [6.07, 6.45) is 0.393. The van der Waals surface area contributed by atoms with Crippen LogP contribution in [0, 0.1) is 17.8 Å². The summed E-state index contributed by atoms with van der Waals surface area (Å²) in [6, 6.07) is 0. The summed E-state index contributed by atoms with van der Waals surface area (Å²) in [6.45, 7) is 12.3. The van der Waals surface area contributed by atoms with Crippen molar-refractivity contribution in [3.05, 3.63) is 23.3 Å². The molecule has 1 heterocycles. The summed E-state index contributed by atoms with van der Waals surface area (Å²) in [5, 5.41) is 0. The molecule has 2 rings (SSSR count). The maximum absolute atomic E-state index is 12.2. The van der Waals surface area contributed by atoms with Crippen molar-refractivity contribution < 1.29 is 38.1 Å². The van der Waals surface area contributed by atoms with Crippen LogP contribution in [0.4, 0.5) is 0 Å². The summed E-state index contributed by atoms with van der Waals surface area (Å²) in [4.78, 5) is 47.1. The van der Waals surface area contributed by atoms with Gasteiger partial charge in [0.05, 0.1) is 18.4 Å². The first kappa shape index (κ1) is 24.6. The average molecular weight is 437 g/mol. The molecule has 0 amide bonds. The molecule has 2 aliphatic rings. The maximum atomic E-state index is 12.2. The van der Waals surface area contributed by atoms with Crippen molar-refractivity contribution in [3.8, 4) is 0 Å². The molecule has 31 heavy (non-hydrogen) atoms. The quantitative estimate of drug-likeness (QED) is 0.179. The van der Waals surface area contributed by atoms with E-state index >= 15 is 0 Å². The molecule has 1 fully saturated rings. The molecule has 0 saturated carbocycles. The number of rotatable bonds is 9. The molecule has 172 valence electrons. The molecule has 0 radical (unpaired) electrons. The predicted molar refractivity (Wildman–Crippen MR) is 111 cm³/mol. The average Bonchev–Trinajstić information content (AvgIpc) is 2.96. The number of hydrogen-bond acceptors (Lipinski definition) is 8. The molecule has 0 N–H and O–H groups in total. The minimum absolute atomic E-state index is 0.0334. The van der Waals surface area contributed by atoms with Crippen LogP contribution in [0.5, 0.6) is 0 Å². The number of carbonyl (C=O) groups excluding carboxylic acids is 4. The Morgan fingerprint density at radius 1 is 1.13 bits per heavy atom. The first-order valence-corrected chi connectivity index (χ1v) is 10.6. The highest BCUT2D eigenvalue weighted by atomic mass is 16.6. The normalized spacial score (nSPS) is 23.9. The van der Waals surface area contributed by atoms with Crippen LogP contribution in [-0.2, 0) is 38.1 Å². The zero-order valence-corrected chi connectivity index (χ0v) is 18.9. The van der Waals surface area contributed by atoms with E-state index in [2.05, 4.69) is 6.58 Å². The lowest BCUT2D eigenvalue weighted by Gasteiger charge is -2.38. The topological polar surface area (TPSA) is 105 Å². The highest BCUT2D eigenvalue weighted by molar-refractivity contribution is 5.91. The van der Waals surface area contributed by atoms with Gasteiger partial charge in [-0.25, -0.2) is 4.79 Å². The Kier molecular flexibility index (Phi) is 8.42. The molecule has 8 nitrogen and oxygen atoms in total. The first-order valence-electron chi connectivity index (χ1n) is 10.6. The van der Waals surface area contributed by atoms with Crippen molar-refractivity contribution in [3.63, 3.8) is 0 Å². The van der Waals surface area contributed by atoms with Gasteiger partial charge >= 0.3 is 23.9 Å². The lowest BCUT2D eigenvalue weighted by Crippen LogP contribution is -2.41. The Bertz CT molecular complexity index is 778. The highest BCUT2D eigenvalue weighted by Gasteiger charge is 2.50. The van der Waals surface area contributed by atoms with E-state index in [-0.39, 0.29) is 42.6 Å². The fourth-order valence-electron chi connectivity index (χ4n) is 4.12. The van der Waals surface area contributed by atoms with Crippen molar-refractivity contribution >= 4 is 23.9 Å². The van der Waals surface area contributed by atoms with Crippen molar-refractivity contribution in [2.24, 2.45) is 17.8 Å². The van der Waals surface area contributed by atoms with Gasteiger partial charge in [-0.3, -0.25) is 14.4 Å². The molecule has 1 aliphatic heterocycles. The second-order valence-electron chi connectivity index (χ2n) is 8.43. The number of fused-ring (bicyclic) bond motifs is 1. The number of hydrogen-bond donors (Lipinski definition) is 0. The lowest BCUT2D eigenvalue weighted by atomic mass is 9.73. The molecule has 0 aromatic heterocycles. The van der Waals surface area contributed by atoms with Gasteiger partial charge in [-0.15, -0.1) is 0 Å². The first-order chi connectivity index (χ1) is 14.5. The van der Waals surface area contributed by atoms with Crippen LogP contribution >= 0.6 is 0 Å². The third-order valence-corrected chi connectivity index (χ3v) is 5.58. The van der Waals surface area contributed by atoms with E-state index in [1.807, 2.05) is 6.92 Å². The summed E-state index contributed by atoms with van der Waals surface area (Å²) < 4.78 is 21.6. The highest BCUT2D eigenvalue weighted by Crippen LogP contribution is 2.45. The molecule has 0 bridgehead atoms. The van der Waals surface area contributed by atoms with E-state index in [0.717, 1.165) is 11.1 Å². The SMILES string of the molecule is C=C1C(=O)OC2CC(COC(=O)C(C)C)=C(C(C)CCCOC(C)=O)C(OC(C)=O)C12. The van der Waals surface area contributed by atoms with Gasteiger partial charge in [-0.2, -0.15) is 0 Å². The number of carbonyl (C=O) groups is 4. The third kappa shape index (κ3) is 6.18. The van der Waals surface area contributed by atoms with E-state index in [4.69, 9.17) is 18.9 Å². The second-order valence-corrected chi connectivity index (χ2v) is 8.43. The van der Waals surface area contributed by atoms with Gasteiger partial charge in [0.25, 0.3) is 0 Å². The smallest absolute Gasteiger partial charge is 0.334 e. The lowest BCUT2D eigenvalue weighted by molar-refractivity contribution is -0.151. The molecule has 1 saturated heterocycles. The molecule has 8 heteroatoms. The minimum atomic E-state index is -0.730. The van der Waals surface area contributed by atoms with E-state index in [1.54, 1.807) is 13.8 Å². The van der Waals surface area contributed by atoms with Crippen molar-refractivity contribution in [2.75, 3.05) is 13.2 Å². The summed E-state index contributed by atoms with van der Waals surface area (Å²) in [7, 11) is 0. The molecular formula is C23H32O8. The Labute approximate surface area is 182 Å². The van der Waals surface area contributed by atoms with Gasteiger partial charge < -0.3 is 18.9 Å². The predicted octanol–water partition coefficient (Wildman–Crippen LogP) is 2.89. The Hall–Kier alpha value is -2.64. The van der Waals surface area contributed by atoms with E-state index < -0.39 is 30.1 Å². The third-order valence-electron chi connectivity index (χ3n) is 5.58. The Morgan fingerprint density at radius 2 is 1.81 bits per heavy atom. The van der Waals surface area contributed by atoms with Crippen LogP contribution < -0.4 is 0 Å². The molecule has 4 atom stereocenters. The zero-order valence-electron chi connectivity index (χ0n) is 18.9. The summed E-state index contributed by atoms with van der Waals surface area (Å²) >= 11 is 0. The fourth-order valence-corrected chi connectivity index (χ4v) is 4.12. The van der Waals surface area contributed by atoms with E-state index in [1.165, 1.54) is 13.8 Å². The monoisotopic (exact) mass is 436 g/mol. The van der Waals surface area contributed by atoms with Gasteiger partial charge in [0.1, 0.15) is 18.8 Å². The van der Waals surface area contributed by atoms with Crippen molar-refractivity contribution in [2.45, 2.75) is 66.1 Å². The zero-order chi connectivity index (χ0) is 23.3. The number of ether oxygens (including phenoxy) is 4. The van der Waals surface area contributed by atoms with Crippen molar-refractivity contribution in [1.29, 1.82) is 0 Å². The van der Waals surface area contributed by atoms with Gasteiger partial charge in [-0.05, 0) is 29.9 Å². The molecule has 0 spiro atoms. The van der Waals surface area contributed by atoms with E-state index in [9.17, 15) is 19.2 Å². The Morgan fingerprint density at radius 3 is 2.39 bits per heavy atom.